The van der Waals surface area contributed by atoms with Crippen molar-refractivity contribution in [2.75, 3.05) is 30.0 Å². The maximum atomic E-state index is 8.90. The number of rotatable bonds is 8. The van der Waals surface area contributed by atoms with Crippen molar-refractivity contribution in [1.82, 2.24) is 9.78 Å². The van der Waals surface area contributed by atoms with Crippen molar-refractivity contribution in [2.45, 2.75) is 26.8 Å². The highest BCUT2D eigenvalue weighted by molar-refractivity contribution is 7.99. The Labute approximate surface area is 101 Å². The summed E-state index contributed by atoms with van der Waals surface area (Å²) in [7, 11) is 0. The number of hydrogen-bond donors (Lipinski definition) is 2. The lowest BCUT2D eigenvalue weighted by molar-refractivity contribution is 0.270. The lowest BCUT2D eigenvalue weighted by atomic mass is 10.4. The van der Waals surface area contributed by atoms with Gasteiger partial charge in [-0.3, -0.25) is 0 Å². The zero-order valence-electron chi connectivity index (χ0n) is 10.1. The molecule has 0 saturated heterocycles. The minimum atomic E-state index is 0.126. The Morgan fingerprint density at radius 3 is 3.06 bits per heavy atom. The van der Waals surface area contributed by atoms with Crippen LogP contribution in [-0.2, 0) is 6.54 Å². The zero-order valence-corrected chi connectivity index (χ0v) is 10.9. The van der Waals surface area contributed by atoms with E-state index in [4.69, 9.17) is 5.11 Å². The maximum Gasteiger partial charge on any atom is 0.124 e. The van der Waals surface area contributed by atoms with Crippen LogP contribution in [0.4, 0.5) is 5.82 Å². The van der Waals surface area contributed by atoms with Gasteiger partial charge in [-0.2, -0.15) is 16.9 Å². The van der Waals surface area contributed by atoms with Gasteiger partial charge in [0.15, 0.2) is 0 Å². The Morgan fingerprint density at radius 1 is 1.56 bits per heavy atom. The van der Waals surface area contributed by atoms with E-state index in [1.165, 1.54) is 11.5 Å². The number of nitrogens with zero attached hydrogens (tertiary/aromatic N) is 2. The molecule has 1 aromatic rings. The molecule has 0 aromatic carbocycles. The highest BCUT2D eigenvalue weighted by atomic mass is 32.2. The van der Waals surface area contributed by atoms with E-state index < -0.39 is 0 Å². The number of hydrogen-bond acceptors (Lipinski definition) is 4. The Morgan fingerprint density at radius 2 is 2.38 bits per heavy atom. The van der Waals surface area contributed by atoms with Crippen molar-refractivity contribution in [3.63, 3.8) is 0 Å². The smallest absolute Gasteiger partial charge is 0.124 e. The quantitative estimate of drug-likeness (QED) is 0.683. The van der Waals surface area contributed by atoms with Crippen LogP contribution in [0.25, 0.3) is 0 Å². The SMILES string of the molecule is CCSCCCNc1cc(C)nn1CCO. The van der Waals surface area contributed by atoms with Gasteiger partial charge in [-0.15, -0.1) is 0 Å². The molecule has 0 aliphatic rings. The molecule has 16 heavy (non-hydrogen) atoms. The standard InChI is InChI=1S/C11H21N3OS/c1-3-16-8-4-5-12-11-9-10(2)13-14(11)6-7-15/h9,12,15H,3-8H2,1-2H3. The molecular weight excluding hydrogens is 222 g/mol. The highest BCUT2D eigenvalue weighted by Gasteiger charge is 2.03. The molecule has 0 atom stereocenters. The van der Waals surface area contributed by atoms with Crippen LogP contribution in [0.2, 0.25) is 0 Å². The lowest BCUT2D eigenvalue weighted by Crippen LogP contribution is -2.11. The second kappa shape index (κ2) is 7.57. The van der Waals surface area contributed by atoms with E-state index >= 15 is 0 Å². The van der Waals surface area contributed by atoms with Gasteiger partial charge in [-0.1, -0.05) is 6.92 Å². The van der Waals surface area contributed by atoms with E-state index in [1.54, 1.807) is 0 Å². The third-order valence-corrected chi connectivity index (χ3v) is 3.18. The van der Waals surface area contributed by atoms with E-state index in [0.717, 1.165) is 24.5 Å². The molecule has 0 aliphatic carbocycles. The number of thioether (sulfide) groups is 1. The molecule has 0 amide bonds. The highest BCUT2D eigenvalue weighted by Crippen LogP contribution is 2.10. The van der Waals surface area contributed by atoms with Gasteiger partial charge in [0.25, 0.3) is 0 Å². The zero-order chi connectivity index (χ0) is 11.8. The fraction of sp³-hybridized carbons (Fsp3) is 0.727. The molecule has 1 heterocycles. The molecule has 92 valence electrons. The second-order valence-electron chi connectivity index (χ2n) is 3.59. The predicted molar refractivity (Wildman–Crippen MR) is 70.2 cm³/mol. The van der Waals surface area contributed by atoms with Crippen LogP contribution < -0.4 is 5.32 Å². The number of aliphatic hydroxyl groups excluding tert-OH is 1. The molecule has 1 rings (SSSR count). The first kappa shape index (κ1) is 13.4. The lowest BCUT2D eigenvalue weighted by Gasteiger charge is -2.08. The summed E-state index contributed by atoms with van der Waals surface area (Å²) < 4.78 is 1.82. The minimum Gasteiger partial charge on any atom is -0.394 e. The van der Waals surface area contributed by atoms with Gasteiger partial charge in [0.1, 0.15) is 5.82 Å². The van der Waals surface area contributed by atoms with Gasteiger partial charge < -0.3 is 10.4 Å². The fourth-order valence-electron chi connectivity index (χ4n) is 1.49. The first-order valence-corrected chi connectivity index (χ1v) is 6.90. The second-order valence-corrected chi connectivity index (χ2v) is 4.99. The molecule has 1 aromatic heterocycles. The van der Waals surface area contributed by atoms with E-state index in [0.29, 0.717) is 6.54 Å². The number of nitrogens with one attached hydrogen (secondary N) is 1. The summed E-state index contributed by atoms with van der Waals surface area (Å²) in [5, 5.41) is 16.6. The molecule has 0 saturated carbocycles. The van der Waals surface area contributed by atoms with E-state index in [-0.39, 0.29) is 6.61 Å². The summed E-state index contributed by atoms with van der Waals surface area (Å²) >= 11 is 1.96. The summed E-state index contributed by atoms with van der Waals surface area (Å²) in [4.78, 5) is 0. The third kappa shape index (κ3) is 4.45. The molecular formula is C11H21N3OS. The van der Waals surface area contributed by atoms with Crippen LogP contribution in [0.15, 0.2) is 6.07 Å². The third-order valence-electron chi connectivity index (χ3n) is 2.19. The Bertz CT molecular complexity index is 301. The van der Waals surface area contributed by atoms with E-state index in [9.17, 15) is 0 Å². The molecule has 0 fully saturated rings. The van der Waals surface area contributed by atoms with E-state index in [1.807, 2.05) is 29.4 Å². The van der Waals surface area contributed by atoms with Gasteiger partial charge in [-0.05, 0) is 24.9 Å². The number of aliphatic hydroxyl groups is 1. The summed E-state index contributed by atoms with van der Waals surface area (Å²) in [6.07, 6.45) is 1.15. The predicted octanol–water partition coefficient (Wildman–Crippen LogP) is 1.74. The van der Waals surface area contributed by atoms with Gasteiger partial charge >= 0.3 is 0 Å². The van der Waals surface area contributed by atoms with Gasteiger partial charge in [-0.25, -0.2) is 4.68 Å². The average Bonchev–Trinajstić information content (AvgIpc) is 2.59. The van der Waals surface area contributed by atoms with Crippen molar-refractivity contribution in [1.29, 1.82) is 0 Å². The molecule has 0 radical (unpaired) electrons. The molecule has 0 bridgehead atoms. The first-order chi connectivity index (χ1) is 7.77. The summed E-state index contributed by atoms with van der Waals surface area (Å²) in [5.74, 6) is 3.38. The molecule has 0 spiro atoms. The van der Waals surface area contributed by atoms with Crippen LogP contribution >= 0.6 is 11.8 Å². The maximum absolute atomic E-state index is 8.90. The Hall–Kier alpha value is -0.680. The molecule has 0 aliphatic heterocycles. The van der Waals surface area contributed by atoms with Crippen molar-refractivity contribution < 1.29 is 5.11 Å². The topological polar surface area (TPSA) is 50.1 Å². The van der Waals surface area contributed by atoms with Gasteiger partial charge in [0, 0.05) is 12.6 Å². The van der Waals surface area contributed by atoms with E-state index in [2.05, 4.69) is 17.3 Å². The summed E-state index contributed by atoms with van der Waals surface area (Å²) in [6.45, 7) is 5.79. The normalized spacial score (nSPS) is 10.7. The van der Waals surface area contributed by atoms with Crippen molar-refractivity contribution in [3.05, 3.63) is 11.8 Å². The van der Waals surface area contributed by atoms with Crippen molar-refractivity contribution in [2.24, 2.45) is 0 Å². The van der Waals surface area contributed by atoms with Crippen molar-refractivity contribution in [3.8, 4) is 0 Å². The molecule has 2 N–H and O–H groups in total. The number of aryl methyl sites for hydroxylation is 1. The monoisotopic (exact) mass is 243 g/mol. The minimum absolute atomic E-state index is 0.126. The molecule has 4 nitrogen and oxygen atoms in total. The number of aromatic nitrogens is 2. The summed E-state index contributed by atoms with van der Waals surface area (Å²) in [6, 6.07) is 2.02. The fourth-order valence-corrected chi connectivity index (χ4v) is 2.13. The molecule has 0 unspecified atom stereocenters. The Kier molecular flexibility index (Phi) is 6.33. The van der Waals surface area contributed by atoms with Crippen LogP contribution in [-0.4, -0.2) is 39.5 Å². The molecule has 5 heteroatoms. The van der Waals surface area contributed by atoms with Gasteiger partial charge in [0.05, 0.1) is 18.8 Å². The van der Waals surface area contributed by atoms with Crippen molar-refractivity contribution >= 4 is 17.6 Å². The Balaban J connectivity index is 2.34. The summed E-state index contributed by atoms with van der Waals surface area (Å²) in [5.41, 5.74) is 0.985. The average molecular weight is 243 g/mol. The number of anilines is 1. The first-order valence-electron chi connectivity index (χ1n) is 5.75. The van der Waals surface area contributed by atoms with Crippen LogP contribution in [0, 0.1) is 6.92 Å². The largest absolute Gasteiger partial charge is 0.394 e. The van der Waals surface area contributed by atoms with Crippen LogP contribution in [0.1, 0.15) is 19.0 Å². The van der Waals surface area contributed by atoms with Gasteiger partial charge in [0.2, 0.25) is 0 Å². The van der Waals surface area contributed by atoms with Crippen LogP contribution in [0.5, 0.6) is 0 Å². The van der Waals surface area contributed by atoms with Crippen LogP contribution in [0.3, 0.4) is 0 Å².